The van der Waals surface area contributed by atoms with E-state index in [1.807, 2.05) is 108 Å². The quantitative estimate of drug-likeness (QED) is 0.0566. The molecule has 0 atom stereocenters. The van der Waals surface area contributed by atoms with Gasteiger partial charge in [-0.3, -0.25) is 13.4 Å². The van der Waals surface area contributed by atoms with Crippen LogP contribution in [-0.2, 0) is 95.7 Å². The third-order valence-electron chi connectivity index (χ3n) is 19.0. The van der Waals surface area contributed by atoms with Gasteiger partial charge >= 0.3 is 44.5 Å². The fourth-order valence-electron chi connectivity index (χ4n) is 13.6. The monoisotopic (exact) mass is 1390 g/mol. The standard InChI is InChI=1S/C78H84B6N15O6/c1-76(2,3)61-28-49-22-55-34-64(91-79-43-85)36-57(70(55)100-13)24-51-30-62(77(4,5)6)32-53(74(51)104-41-68-95(11)17-20-98(68)83-47-89)26-59-38-66(93-81-45-87)39-60(72(59)102-15)27-54-33-63(78(7,8)9)31-52(75(54)105-42-69-96(12)18-21-99(69)84-48-90)25-58-37-65(92-80-44-86)35-56(71(58)101-14)23-50(29-61)73(49)103-40-67-94(10)16-19-97(67)82-46-88/h16-21,28-39,91-93H,22-27,40-42H2,1-15H3/q+3. The summed E-state index contributed by atoms with van der Waals surface area (Å²) in [7, 11) is 19.1. The zero-order valence-corrected chi connectivity index (χ0v) is 62.5. The second-order valence-corrected chi connectivity index (χ2v) is 29.3. The third kappa shape index (κ3) is 17.6. The number of imidazole rings is 3. The molecule has 1 aliphatic rings. The lowest BCUT2D eigenvalue weighted by molar-refractivity contribution is -0.539. The fourth-order valence-corrected chi connectivity index (χ4v) is 13.6. The predicted molar refractivity (Wildman–Crippen MR) is 406 cm³/mol. The Morgan fingerprint density at radius 2 is 0.552 bits per heavy atom. The van der Waals surface area contributed by atoms with Gasteiger partial charge in [0.05, 0.1) is 60.4 Å². The Labute approximate surface area is 621 Å². The van der Waals surface area contributed by atoms with Crippen LogP contribution >= 0.6 is 0 Å². The third-order valence-corrected chi connectivity index (χ3v) is 19.0. The molecule has 21 nitrogen and oxygen atoms in total. The van der Waals surface area contributed by atoms with Crippen molar-refractivity contribution in [2.45, 2.75) is 137 Å². The summed E-state index contributed by atoms with van der Waals surface area (Å²) in [5.41, 5.74) is 13.2. The molecule has 3 heterocycles. The minimum absolute atomic E-state index is 0.0451. The maximum atomic E-state index is 10.1. The number of nitrogens with zero attached hydrogens (tertiary/aromatic N) is 12. The molecule has 0 saturated heterocycles. The molecule has 3 aromatic heterocycles. The van der Waals surface area contributed by atoms with Crippen molar-refractivity contribution in [3.63, 3.8) is 0 Å². The Kier molecular flexibility index (Phi) is 23.8. The van der Waals surface area contributed by atoms with E-state index in [-0.39, 0.29) is 58.3 Å². The minimum Gasteiger partial charge on any atom is -0.496 e. The summed E-state index contributed by atoms with van der Waals surface area (Å²) in [6.45, 7) is 19.7. The van der Waals surface area contributed by atoms with Crippen molar-refractivity contribution in [3.8, 4) is 70.3 Å². The Bertz CT molecular complexity index is 4380. The molecule has 0 amide bonds. The SMILES string of the molecule is COc1c2cc(N[B]C#N)cc1Cc1cc(C(C)(C)C)cc(c1OCc1n(C)cc[n+]1[B]C#N)Cc1cc(N[B]C#N)cc(c1OC)Cc1cc(C(C)(C)C)cc(c1OCc1n(C)cc[n+]1[B]C#N)Cc1cc(N[B]C#N)cc(c1OC)Cc1cc(C(C)(C)C)cc(c1OCc1n(C)cc[n+]1[B]C#N)C2. The molecule has 0 spiro atoms. The zero-order valence-electron chi connectivity index (χ0n) is 62.5. The van der Waals surface area contributed by atoms with Crippen molar-refractivity contribution in [1.29, 1.82) is 31.6 Å². The molecule has 6 aromatic carbocycles. The first-order chi connectivity index (χ1) is 50.2. The molecule has 0 saturated carbocycles. The summed E-state index contributed by atoms with van der Waals surface area (Å²) in [5, 5.41) is 70.3. The number of nitrogens with one attached hydrogen (secondary N) is 3. The number of aryl methyl sites for hydroxylation is 3. The Morgan fingerprint density at radius 3 is 0.733 bits per heavy atom. The maximum Gasteiger partial charge on any atom is 0.530 e. The van der Waals surface area contributed by atoms with E-state index in [1.54, 1.807) is 34.8 Å². The summed E-state index contributed by atoms with van der Waals surface area (Å²) in [4.78, 5) is 0. The summed E-state index contributed by atoms with van der Waals surface area (Å²) >= 11 is 0. The van der Waals surface area contributed by atoms with Crippen LogP contribution < -0.4 is 57.5 Å². The van der Waals surface area contributed by atoms with E-state index in [2.05, 4.69) is 150 Å². The van der Waals surface area contributed by atoms with Gasteiger partial charge in [0.15, 0.2) is 19.8 Å². The van der Waals surface area contributed by atoms with Crippen molar-refractivity contribution < 1.29 is 41.9 Å². The molecular formula is C78H84B6N15O6+3. The van der Waals surface area contributed by atoms with Crippen LogP contribution in [0, 0.1) is 67.4 Å². The molecule has 105 heavy (non-hydrogen) atoms. The second-order valence-electron chi connectivity index (χ2n) is 29.3. The lowest BCUT2D eigenvalue weighted by Gasteiger charge is -2.27. The van der Waals surface area contributed by atoms with E-state index < -0.39 is 16.2 Å². The van der Waals surface area contributed by atoms with Crippen molar-refractivity contribution in [3.05, 3.63) is 211 Å². The number of nitriles is 6. The highest BCUT2D eigenvalue weighted by Gasteiger charge is 2.32. The van der Waals surface area contributed by atoms with Crippen LogP contribution in [0.5, 0.6) is 34.5 Å². The number of fused-ring (bicyclic) bond motifs is 12. The van der Waals surface area contributed by atoms with Crippen LogP contribution in [-0.4, -0.2) is 79.5 Å². The fraction of sp³-hybridized carbons (Fsp3) is 0.346. The molecule has 27 heteroatoms. The van der Waals surface area contributed by atoms with Gasteiger partial charge in [0.2, 0.25) is 0 Å². The molecule has 0 aliphatic heterocycles. The molecule has 10 rings (SSSR count). The van der Waals surface area contributed by atoms with E-state index in [0.29, 0.717) is 69.0 Å². The molecule has 6 radical (unpaired) electrons. The van der Waals surface area contributed by atoms with Gasteiger partial charge in [-0.1, -0.05) is 98.7 Å². The molecule has 522 valence electrons. The van der Waals surface area contributed by atoms with Crippen LogP contribution in [0.2, 0.25) is 0 Å². The van der Waals surface area contributed by atoms with Gasteiger partial charge in [0.1, 0.15) is 71.7 Å². The molecular weight excluding hydrogens is 1310 g/mol. The maximum absolute atomic E-state index is 10.1. The van der Waals surface area contributed by atoms with E-state index >= 15 is 0 Å². The van der Waals surface area contributed by atoms with Crippen molar-refractivity contribution in [2.24, 2.45) is 21.1 Å². The number of ether oxygens (including phenoxy) is 6. The van der Waals surface area contributed by atoms with Crippen LogP contribution in [0.1, 0.15) is 163 Å². The molecule has 0 fully saturated rings. The number of methoxy groups -OCH3 is 3. The van der Waals surface area contributed by atoms with Crippen LogP contribution in [0.4, 0.5) is 17.1 Å². The Balaban J connectivity index is 1.35. The van der Waals surface area contributed by atoms with Crippen LogP contribution in [0.25, 0.3) is 0 Å². The van der Waals surface area contributed by atoms with Crippen molar-refractivity contribution in [2.75, 3.05) is 37.0 Å². The average Bonchev–Trinajstić information content (AvgIpc) is 1.18. The molecule has 0 unspecified atom stereocenters. The first kappa shape index (κ1) is 76.1. The predicted octanol–water partition coefficient (Wildman–Crippen LogP) is 9.46. The topological polar surface area (TPSA) is 261 Å². The molecule has 3 N–H and O–H groups in total. The Hall–Kier alpha value is -11.5. The largest absolute Gasteiger partial charge is 0.530 e. The number of aromatic nitrogens is 6. The van der Waals surface area contributed by atoms with Crippen LogP contribution in [0.15, 0.2) is 110 Å². The molecule has 1 aliphatic carbocycles. The summed E-state index contributed by atoms with van der Waals surface area (Å²) in [5.74, 6) is 18.7. The van der Waals surface area contributed by atoms with Gasteiger partial charge < -0.3 is 44.1 Å². The van der Waals surface area contributed by atoms with Gasteiger partial charge in [0, 0.05) is 107 Å². The number of benzene rings is 6. The normalized spacial score (nSPS) is 12.0. The van der Waals surface area contributed by atoms with E-state index in [1.165, 1.54) is 44.5 Å². The van der Waals surface area contributed by atoms with Crippen molar-refractivity contribution >= 4 is 61.5 Å². The highest BCUT2D eigenvalue weighted by molar-refractivity contribution is 6.50. The Morgan fingerprint density at radius 1 is 0.343 bits per heavy atom. The van der Waals surface area contributed by atoms with Crippen LogP contribution in [0.3, 0.4) is 0 Å². The summed E-state index contributed by atoms with van der Waals surface area (Å²) in [6, 6.07) is 25.1. The second kappa shape index (κ2) is 32.9. The van der Waals surface area contributed by atoms with Gasteiger partial charge in [-0.2, -0.15) is 0 Å². The smallest absolute Gasteiger partial charge is 0.496 e. The lowest BCUT2D eigenvalue weighted by atomic mass is 9.81. The number of hydrogen-bond acceptors (Lipinski definition) is 15. The summed E-state index contributed by atoms with van der Waals surface area (Å²) < 4.78 is 53.0. The molecule has 12 bridgehead atoms. The first-order valence-corrected chi connectivity index (χ1v) is 34.5. The van der Waals surface area contributed by atoms with E-state index in [9.17, 15) is 31.6 Å². The highest BCUT2D eigenvalue weighted by atomic mass is 16.5. The van der Waals surface area contributed by atoms with E-state index in [0.717, 1.165) is 83.5 Å². The average molecular weight is 1390 g/mol. The van der Waals surface area contributed by atoms with Gasteiger partial charge in [-0.05, 0) is 103 Å². The first-order valence-electron chi connectivity index (χ1n) is 34.5. The van der Waals surface area contributed by atoms with Gasteiger partial charge in [0.25, 0.3) is 17.5 Å². The zero-order chi connectivity index (χ0) is 75.5. The summed E-state index contributed by atoms with van der Waals surface area (Å²) in [6.07, 6.45) is 12.6. The van der Waals surface area contributed by atoms with E-state index in [4.69, 9.17) is 28.4 Å². The van der Waals surface area contributed by atoms with Crippen molar-refractivity contribution in [1.82, 2.24) is 13.7 Å². The highest BCUT2D eigenvalue weighted by Crippen LogP contribution is 2.46. The number of hydrogen-bond donors (Lipinski definition) is 3. The number of anilines is 3. The molecule has 9 aromatic rings. The minimum atomic E-state index is -0.416. The lowest BCUT2D eigenvalue weighted by Crippen LogP contribution is -2.42. The number of rotatable bonds is 21. The van der Waals surface area contributed by atoms with Gasteiger partial charge in [-0.15, -0.1) is 0 Å². The van der Waals surface area contributed by atoms with Gasteiger partial charge in [-0.25, -0.2) is 45.3 Å².